The number of halogens is 1. The first-order valence-corrected chi connectivity index (χ1v) is 9.53. The normalized spacial score (nSPS) is 14.4. The lowest BCUT2D eigenvalue weighted by Gasteiger charge is -2.28. The maximum Gasteiger partial charge on any atom is 0.263 e. The number of benzene rings is 1. The topological polar surface area (TPSA) is 84.1 Å². The van der Waals surface area contributed by atoms with E-state index in [9.17, 15) is 9.18 Å². The molecule has 1 saturated heterocycles. The summed E-state index contributed by atoms with van der Waals surface area (Å²) in [5.74, 6) is 0.767. The van der Waals surface area contributed by atoms with Gasteiger partial charge in [-0.3, -0.25) is 4.79 Å². The molecule has 0 aliphatic carbocycles. The van der Waals surface area contributed by atoms with E-state index < -0.39 is 5.82 Å². The van der Waals surface area contributed by atoms with Gasteiger partial charge >= 0.3 is 0 Å². The van der Waals surface area contributed by atoms with Gasteiger partial charge in [-0.1, -0.05) is 11.2 Å². The van der Waals surface area contributed by atoms with Gasteiger partial charge < -0.3 is 14.7 Å². The first kappa shape index (κ1) is 18.3. The predicted octanol–water partition coefficient (Wildman–Crippen LogP) is 3.63. The molecule has 0 saturated carbocycles. The molecule has 0 unspecified atom stereocenters. The van der Waals surface area contributed by atoms with Crippen molar-refractivity contribution in [2.75, 3.05) is 23.3 Å². The summed E-state index contributed by atoms with van der Waals surface area (Å²) in [6.07, 6.45) is 4.02. The molecule has 1 amide bonds. The second-order valence-electron chi connectivity index (χ2n) is 7.02. The zero-order chi connectivity index (χ0) is 19.5. The van der Waals surface area contributed by atoms with Gasteiger partial charge in [-0.25, -0.2) is 9.37 Å². The van der Waals surface area contributed by atoms with E-state index in [1.807, 2.05) is 6.92 Å². The monoisotopic (exact) mass is 383 g/mol. The van der Waals surface area contributed by atoms with E-state index in [4.69, 9.17) is 9.51 Å². The maximum atomic E-state index is 13.2. The van der Waals surface area contributed by atoms with E-state index in [1.165, 1.54) is 18.6 Å². The Bertz CT molecular complexity index is 997. The van der Waals surface area contributed by atoms with Crippen molar-refractivity contribution in [3.8, 4) is 0 Å². The summed E-state index contributed by atoms with van der Waals surface area (Å²) in [5, 5.41) is 7.57. The molecule has 0 atom stereocenters. The van der Waals surface area contributed by atoms with E-state index in [-0.39, 0.29) is 12.3 Å². The van der Waals surface area contributed by atoms with Gasteiger partial charge in [0, 0.05) is 31.6 Å². The van der Waals surface area contributed by atoms with Crippen LogP contribution in [0.4, 0.5) is 15.9 Å². The highest BCUT2D eigenvalue weighted by Gasteiger charge is 2.21. The number of carbonyl (C=O) groups excluding carboxylic acids is 1. The Morgan fingerprint density at radius 2 is 2.07 bits per heavy atom. The van der Waals surface area contributed by atoms with Gasteiger partial charge in [0.25, 0.3) is 5.71 Å². The lowest BCUT2D eigenvalue weighted by atomic mass is 10.1. The molecule has 1 aliphatic rings. The van der Waals surface area contributed by atoms with Gasteiger partial charge in [-0.2, -0.15) is 4.98 Å². The highest BCUT2D eigenvalue weighted by atomic mass is 19.1. The summed E-state index contributed by atoms with van der Waals surface area (Å²) in [6.45, 7) is 3.77. The van der Waals surface area contributed by atoms with Crippen molar-refractivity contribution in [3.05, 3.63) is 41.6 Å². The SMILES string of the molecule is Cc1noc2nc(CCC(=O)Nc3cccc(F)c3)nc(N3CCCCC3)c12. The summed E-state index contributed by atoms with van der Waals surface area (Å²) in [7, 11) is 0. The average Bonchev–Trinajstić information content (AvgIpc) is 3.07. The first-order chi connectivity index (χ1) is 13.6. The van der Waals surface area contributed by atoms with Crippen LogP contribution < -0.4 is 10.2 Å². The fraction of sp³-hybridized carbons (Fsp3) is 0.400. The Morgan fingerprint density at radius 3 is 2.86 bits per heavy atom. The Balaban J connectivity index is 1.51. The summed E-state index contributed by atoms with van der Waals surface area (Å²) in [5.41, 5.74) is 1.65. The predicted molar refractivity (Wildman–Crippen MR) is 104 cm³/mol. The lowest BCUT2D eigenvalue weighted by molar-refractivity contribution is -0.116. The molecule has 1 aliphatic heterocycles. The van der Waals surface area contributed by atoms with E-state index in [2.05, 4.69) is 20.4 Å². The van der Waals surface area contributed by atoms with E-state index >= 15 is 0 Å². The molecule has 1 aromatic carbocycles. The second-order valence-corrected chi connectivity index (χ2v) is 7.02. The Kier molecular flexibility index (Phi) is 5.18. The van der Waals surface area contributed by atoms with Crippen molar-refractivity contribution in [1.29, 1.82) is 0 Å². The Labute approximate surface area is 161 Å². The summed E-state index contributed by atoms with van der Waals surface area (Å²) >= 11 is 0. The minimum absolute atomic E-state index is 0.189. The fourth-order valence-electron chi connectivity index (χ4n) is 3.47. The van der Waals surface area contributed by atoms with Crippen LogP contribution in [-0.2, 0) is 11.2 Å². The lowest BCUT2D eigenvalue weighted by Crippen LogP contribution is -2.30. The number of hydrogen-bond acceptors (Lipinski definition) is 6. The number of aromatic nitrogens is 3. The summed E-state index contributed by atoms with van der Waals surface area (Å²) in [4.78, 5) is 23.6. The maximum absolute atomic E-state index is 13.2. The minimum atomic E-state index is -0.390. The van der Waals surface area contributed by atoms with Gasteiger partial charge in [0.05, 0.1) is 5.69 Å². The van der Waals surface area contributed by atoms with Gasteiger partial charge in [-0.15, -0.1) is 0 Å². The average molecular weight is 383 g/mol. The third-order valence-corrected chi connectivity index (χ3v) is 4.87. The first-order valence-electron chi connectivity index (χ1n) is 9.53. The zero-order valence-electron chi connectivity index (χ0n) is 15.7. The van der Waals surface area contributed by atoms with Crippen LogP contribution in [0.15, 0.2) is 28.8 Å². The van der Waals surface area contributed by atoms with Gasteiger partial charge in [0.1, 0.15) is 22.8 Å². The van der Waals surface area contributed by atoms with Crippen molar-refractivity contribution in [1.82, 2.24) is 15.1 Å². The highest BCUT2D eigenvalue weighted by Crippen LogP contribution is 2.29. The van der Waals surface area contributed by atoms with Crippen molar-refractivity contribution in [2.45, 2.75) is 39.0 Å². The van der Waals surface area contributed by atoms with Crippen LogP contribution >= 0.6 is 0 Å². The standard InChI is InChI=1S/C20H22FN5O2/c1-13-18-19(26-10-3-2-4-11-26)23-16(24-20(18)28-25-13)8-9-17(27)22-15-7-5-6-14(21)12-15/h5-7,12H,2-4,8-11H2,1H3,(H,22,27). The molecule has 7 nitrogen and oxygen atoms in total. The molecule has 0 spiro atoms. The molecular formula is C20H22FN5O2. The number of anilines is 2. The molecule has 8 heteroatoms. The minimum Gasteiger partial charge on any atom is -0.356 e. The van der Waals surface area contributed by atoms with Gasteiger partial charge in [-0.05, 0) is 44.4 Å². The quantitative estimate of drug-likeness (QED) is 0.724. The number of fused-ring (bicyclic) bond motifs is 1. The molecule has 0 bridgehead atoms. The number of aryl methyl sites for hydroxylation is 2. The van der Waals surface area contributed by atoms with Gasteiger partial charge in [0.15, 0.2) is 0 Å². The smallest absolute Gasteiger partial charge is 0.263 e. The molecule has 3 heterocycles. The van der Waals surface area contributed by atoms with Crippen molar-refractivity contribution in [3.63, 3.8) is 0 Å². The van der Waals surface area contributed by atoms with Crippen LogP contribution in [0.5, 0.6) is 0 Å². The van der Waals surface area contributed by atoms with Crippen molar-refractivity contribution >= 4 is 28.5 Å². The molecule has 2 aromatic heterocycles. The largest absolute Gasteiger partial charge is 0.356 e. The molecule has 4 rings (SSSR count). The van der Waals surface area contributed by atoms with Crippen LogP contribution in [0.3, 0.4) is 0 Å². The molecule has 3 aromatic rings. The van der Waals surface area contributed by atoms with E-state index in [0.29, 0.717) is 23.6 Å². The molecule has 1 fully saturated rings. The van der Waals surface area contributed by atoms with Crippen LogP contribution in [0.25, 0.3) is 11.1 Å². The molecule has 146 valence electrons. The molecule has 28 heavy (non-hydrogen) atoms. The number of rotatable bonds is 5. The zero-order valence-corrected chi connectivity index (χ0v) is 15.7. The highest BCUT2D eigenvalue weighted by molar-refractivity contribution is 5.91. The van der Waals surface area contributed by atoms with Crippen LogP contribution in [-0.4, -0.2) is 34.1 Å². The Hall–Kier alpha value is -3.03. The summed E-state index contributed by atoms with van der Waals surface area (Å²) in [6, 6.07) is 5.82. The molecule has 1 N–H and O–H groups in total. The summed E-state index contributed by atoms with van der Waals surface area (Å²) < 4.78 is 18.6. The van der Waals surface area contributed by atoms with E-state index in [1.54, 1.807) is 12.1 Å². The number of amides is 1. The third-order valence-electron chi connectivity index (χ3n) is 4.87. The van der Waals surface area contributed by atoms with Crippen LogP contribution in [0.2, 0.25) is 0 Å². The second kappa shape index (κ2) is 7.92. The fourth-order valence-corrected chi connectivity index (χ4v) is 3.47. The van der Waals surface area contributed by atoms with Crippen molar-refractivity contribution < 1.29 is 13.7 Å². The molecular weight excluding hydrogens is 361 g/mol. The third kappa shape index (κ3) is 3.95. The van der Waals surface area contributed by atoms with Crippen molar-refractivity contribution in [2.24, 2.45) is 0 Å². The molecule has 0 radical (unpaired) electrons. The number of piperidine rings is 1. The number of carbonyl (C=O) groups is 1. The van der Waals surface area contributed by atoms with Crippen LogP contribution in [0, 0.1) is 12.7 Å². The number of nitrogens with zero attached hydrogens (tertiary/aromatic N) is 4. The van der Waals surface area contributed by atoms with E-state index in [0.717, 1.165) is 42.8 Å². The van der Waals surface area contributed by atoms with Crippen LogP contribution in [0.1, 0.15) is 37.2 Å². The Morgan fingerprint density at radius 1 is 1.25 bits per heavy atom. The number of nitrogens with one attached hydrogen (secondary N) is 1. The number of hydrogen-bond donors (Lipinski definition) is 1. The van der Waals surface area contributed by atoms with Gasteiger partial charge in [0.2, 0.25) is 5.91 Å².